The Labute approximate surface area is 95.4 Å². The molecule has 4 nitrogen and oxygen atoms in total. The number of rotatable bonds is 4. The fourth-order valence-corrected chi connectivity index (χ4v) is 1.46. The van der Waals surface area contributed by atoms with E-state index in [2.05, 4.69) is 0 Å². The summed E-state index contributed by atoms with van der Waals surface area (Å²) in [5.41, 5.74) is 12.0. The Morgan fingerprint density at radius 1 is 1.19 bits per heavy atom. The van der Waals surface area contributed by atoms with Gasteiger partial charge < -0.3 is 11.5 Å². The summed E-state index contributed by atoms with van der Waals surface area (Å²) in [5.74, 6) is -0.835. The highest BCUT2D eigenvalue weighted by molar-refractivity contribution is 6.12. The van der Waals surface area contributed by atoms with Gasteiger partial charge in [-0.2, -0.15) is 0 Å². The highest BCUT2D eigenvalue weighted by Crippen LogP contribution is 2.19. The number of hydrogen-bond donors (Lipinski definition) is 2. The van der Waals surface area contributed by atoms with Gasteiger partial charge in [0, 0.05) is 11.1 Å². The van der Waals surface area contributed by atoms with E-state index < -0.39 is 11.8 Å². The van der Waals surface area contributed by atoms with Gasteiger partial charge in [0.15, 0.2) is 0 Å². The van der Waals surface area contributed by atoms with E-state index in [-0.39, 0.29) is 5.82 Å². The van der Waals surface area contributed by atoms with E-state index in [1.54, 1.807) is 12.1 Å². The van der Waals surface area contributed by atoms with Gasteiger partial charge in [-0.3, -0.25) is 9.59 Å². The lowest BCUT2D eigenvalue weighted by Crippen LogP contribution is -2.16. The Kier molecular flexibility index (Phi) is 3.71. The Hall–Kier alpha value is -1.78. The lowest BCUT2D eigenvalue weighted by Gasteiger charge is -2.11. The first-order valence-electron chi connectivity index (χ1n) is 5.20. The highest BCUT2D eigenvalue weighted by atomic mass is 16.1. The van der Waals surface area contributed by atoms with Crippen molar-refractivity contribution in [3.8, 4) is 0 Å². The van der Waals surface area contributed by atoms with Crippen LogP contribution in [0.25, 0.3) is 0 Å². The number of primary amides is 2. The lowest BCUT2D eigenvalue weighted by atomic mass is 9.78. The predicted octanol–water partition coefficient (Wildman–Crippen LogP) is -0.0314. The second-order valence-electron chi connectivity index (χ2n) is 3.88. The van der Waals surface area contributed by atoms with Gasteiger partial charge in [-0.15, -0.1) is 0 Å². The molecule has 2 amide bonds. The smallest absolute Gasteiger partial charge is 0.248 e. The minimum absolute atomic E-state index is 0.261. The number of carbonyl (C=O) groups is 2. The molecule has 1 rings (SSSR count). The van der Waals surface area contributed by atoms with E-state index in [9.17, 15) is 9.59 Å². The first-order chi connectivity index (χ1) is 7.45. The molecule has 0 fully saturated rings. The number of hydrogen-bond acceptors (Lipinski definition) is 2. The van der Waals surface area contributed by atoms with Crippen molar-refractivity contribution in [2.75, 3.05) is 0 Å². The summed E-state index contributed by atoms with van der Waals surface area (Å²) < 4.78 is 0. The molecule has 1 aromatic carbocycles. The molecular formula is C11H15BN2O2. The van der Waals surface area contributed by atoms with Gasteiger partial charge in [-0.25, -0.2) is 0 Å². The van der Waals surface area contributed by atoms with E-state index in [1.165, 1.54) is 6.07 Å². The third-order valence-electron chi connectivity index (χ3n) is 2.71. The van der Waals surface area contributed by atoms with Crippen LogP contribution in [0.1, 0.15) is 45.4 Å². The maximum absolute atomic E-state index is 11.1. The topological polar surface area (TPSA) is 86.2 Å². The molecule has 0 saturated carbocycles. The van der Waals surface area contributed by atoms with Crippen LogP contribution in [0.15, 0.2) is 18.2 Å². The van der Waals surface area contributed by atoms with Gasteiger partial charge in [-0.1, -0.05) is 18.9 Å². The standard InChI is InChI=1S/C11H15BN2O2/c1-2-9(12)6-3-7(10(13)15)5-8(4-6)11(14)16/h3-5,9H,2,12H2,1H3,(H2,13,15)(H2,14,16). The molecule has 0 aliphatic rings. The van der Waals surface area contributed by atoms with Crippen molar-refractivity contribution in [2.24, 2.45) is 11.5 Å². The van der Waals surface area contributed by atoms with Crippen molar-refractivity contribution in [1.29, 1.82) is 0 Å². The summed E-state index contributed by atoms with van der Waals surface area (Å²) >= 11 is 0. The number of carbonyl (C=O) groups excluding carboxylic acids is 2. The number of benzene rings is 1. The maximum atomic E-state index is 11.1. The van der Waals surface area contributed by atoms with E-state index in [0.717, 1.165) is 12.0 Å². The fourth-order valence-electron chi connectivity index (χ4n) is 1.46. The second kappa shape index (κ2) is 4.83. The van der Waals surface area contributed by atoms with Crippen molar-refractivity contribution in [3.05, 3.63) is 34.9 Å². The predicted molar refractivity (Wildman–Crippen MR) is 65.1 cm³/mol. The summed E-state index contributed by atoms with van der Waals surface area (Å²) in [6.45, 7) is 2.03. The van der Waals surface area contributed by atoms with Gasteiger partial charge in [0.05, 0.1) is 0 Å². The number of nitrogens with two attached hydrogens (primary N) is 2. The van der Waals surface area contributed by atoms with Crippen molar-refractivity contribution < 1.29 is 9.59 Å². The molecule has 1 atom stereocenters. The zero-order valence-corrected chi connectivity index (χ0v) is 9.49. The largest absolute Gasteiger partial charge is 0.366 e. The minimum atomic E-state index is -0.548. The molecule has 1 aromatic rings. The van der Waals surface area contributed by atoms with E-state index in [4.69, 9.17) is 11.5 Å². The molecule has 0 heterocycles. The van der Waals surface area contributed by atoms with Crippen LogP contribution in [-0.4, -0.2) is 19.7 Å². The molecule has 4 N–H and O–H groups in total. The van der Waals surface area contributed by atoms with Crippen LogP contribution in [0.5, 0.6) is 0 Å². The maximum Gasteiger partial charge on any atom is 0.248 e. The van der Waals surface area contributed by atoms with Crippen molar-refractivity contribution >= 4 is 19.7 Å². The normalized spacial score (nSPS) is 12.1. The fraction of sp³-hybridized carbons (Fsp3) is 0.273. The van der Waals surface area contributed by atoms with E-state index in [0.29, 0.717) is 11.1 Å². The summed E-state index contributed by atoms with van der Waals surface area (Å²) in [6, 6.07) is 4.85. The summed E-state index contributed by atoms with van der Waals surface area (Å²) in [7, 11) is 2.02. The molecule has 0 spiro atoms. The summed E-state index contributed by atoms with van der Waals surface area (Å²) in [4.78, 5) is 22.2. The van der Waals surface area contributed by atoms with Crippen molar-refractivity contribution in [2.45, 2.75) is 19.2 Å². The first kappa shape index (κ1) is 12.3. The number of amides is 2. The van der Waals surface area contributed by atoms with Gasteiger partial charge in [0.2, 0.25) is 11.8 Å². The van der Waals surface area contributed by atoms with Crippen LogP contribution in [0.2, 0.25) is 0 Å². The Bertz CT molecular complexity index is 400. The van der Waals surface area contributed by atoms with Crippen LogP contribution in [0, 0.1) is 0 Å². The van der Waals surface area contributed by atoms with Crippen LogP contribution in [0.4, 0.5) is 0 Å². The summed E-state index contributed by atoms with van der Waals surface area (Å²) in [6.07, 6.45) is 0.917. The molecule has 1 unspecified atom stereocenters. The monoisotopic (exact) mass is 218 g/mol. The zero-order chi connectivity index (χ0) is 12.3. The molecule has 16 heavy (non-hydrogen) atoms. The highest BCUT2D eigenvalue weighted by Gasteiger charge is 2.11. The third-order valence-corrected chi connectivity index (χ3v) is 2.71. The lowest BCUT2D eigenvalue weighted by molar-refractivity contribution is 0.0999. The average molecular weight is 218 g/mol. The van der Waals surface area contributed by atoms with E-state index >= 15 is 0 Å². The molecule has 0 radical (unpaired) electrons. The van der Waals surface area contributed by atoms with Crippen molar-refractivity contribution in [3.63, 3.8) is 0 Å². The molecule has 0 aliphatic heterocycles. The van der Waals surface area contributed by atoms with Crippen LogP contribution in [0.3, 0.4) is 0 Å². The Morgan fingerprint density at radius 2 is 1.62 bits per heavy atom. The molecule has 84 valence electrons. The van der Waals surface area contributed by atoms with Crippen molar-refractivity contribution in [1.82, 2.24) is 0 Å². The Balaban J connectivity index is 3.29. The molecule has 5 heteroatoms. The van der Waals surface area contributed by atoms with E-state index in [1.807, 2.05) is 14.8 Å². The molecular weight excluding hydrogens is 203 g/mol. The SMILES string of the molecule is BC(CC)c1cc(C(N)=O)cc(C(N)=O)c1. The first-order valence-corrected chi connectivity index (χ1v) is 5.20. The van der Waals surface area contributed by atoms with Crippen LogP contribution >= 0.6 is 0 Å². The quantitative estimate of drug-likeness (QED) is 0.695. The molecule has 0 aliphatic carbocycles. The average Bonchev–Trinajstić information content (AvgIpc) is 2.27. The molecule has 0 saturated heterocycles. The van der Waals surface area contributed by atoms with Gasteiger partial charge in [-0.05, 0) is 24.0 Å². The second-order valence-corrected chi connectivity index (χ2v) is 3.88. The Morgan fingerprint density at radius 3 is 1.94 bits per heavy atom. The van der Waals surface area contributed by atoms with Crippen LogP contribution in [-0.2, 0) is 0 Å². The van der Waals surface area contributed by atoms with Gasteiger partial charge in [0.1, 0.15) is 7.85 Å². The van der Waals surface area contributed by atoms with Gasteiger partial charge >= 0.3 is 0 Å². The molecule has 0 aromatic heterocycles. The zero-order valence-electron chi connectivity index (χ0n) is 9.49. The van der Waals surface area contributed by atoms with Crippen LogP contribution < -0.4 is 11.5 Å². The minimum Gasteiger partial charge on any atom is -0.366 e. The third kappa shape index (κ3) is 2.62. The molecule has 0 bridgehead atoms. The summed E-state index contributed by atoms with van der Waals surface area (Å²) in [5, 5.41) is 0. The van der Waals surface area contributed by atoms with Gasteiger partial charge in [0.25, 0.3) is 0 Å².